The fraction of sp³-hybridized carbons (Fsp3) is 0.476. The SMILES string of the molecule is Cc1ccc2nc(CNC(=O)C3CCCN(S(=O)(=O)c4cn(C(C)C)cn4)C3)[nH]c2c1. The van der Waals surface area contributed by atoms with E-state index in [1.807, 2.05) is 39.0 Å². The predicted molar refractivity (Wildman–Crippen MR) is 117 cm³/mol. The summed E-state index contributed by atoms with van der Waals surface area (Å²) in [5.74, 6) is 0.111. The van der Waals surface area contributed by atoms with Crippen molar-refractivity contribution in [2.24, 2.45) is 5.92 Å². The van der Waals surface area contributed by atoms with Gasteiger partial charge in [-0.15, -0.1) is 0 Å². The number of aromatic nitrogens is 4. The number of carbonyl (C=O) groups excluding carboxylic acids is 1. The zero-order chi connectivity index (χ0) is 22.2. The lowest BCUT2D eigenvalue weighted by molar-refractivity contribution is -0.126. The molecular weight excluding hydrogens is 416 g/mol. The Morgan fingerprint density at radius 2 is 2.16 bits per heavy atom. The van der Waals surface area contributed by atoms with Crippen LogP contribution in [0.3, 0.4) is 0 Å². The molecule has 1 aliphatic heterocycles. The molecule has 0 aliphatic carbocycles. The minimum atomic E-state index is -3.73. The number of imidazole rings is 2. The van der Waals surface area contributed by atoms with Crippen molar-refractivity contribution in [1.29, 1.82) is 0 Å². The number of sulfonamides is 1. The van der Waals surface area contributed by atoms with Gasteiger partial charge >= 0.3 is 0 Å². The number of benzene rings is 1. The number of rotatable bonds is 6. The standard InChI is InChI=1S/C21H28N6O3S/c1-14(2)26-12-20(23-13-26)31(29,30)27-8-4-5-16(11-27)21(28)22-10-19-24-17-7-6-15(3)9-18(17)25-19/h6-7,9,12-14,16H,4-5,8,10-11H2,1-3H3,(H,22,28)(H,24,25). The molecule has 2 aromatic heterocycles. The Bertz CT molecular complexity index is 1200. The minimum Gasteiger partial charge on any atom is -0.349 e. The van der Waals surface area contributed by atoms with Gasteiger partial charge in [-0.1, -0.05) is 6.07 Å². The first-order valence-electron chi connectivity index (χ1n) is 10.5. The average Bonchev–Trinajstić information content (AvgIpc) is 3.39. The predicted octanol–water partition coefficient (Wildman–Crippen LogP) is 2.37. The topological polar surface area (TPSA) is 113 Å². The third kappa shape index (κ3) is 4.49. The summed E-state index contributed by atoms with van der Waals surface area (Å²) in [6.07, 6.45) is 4.36. The Morgan fingerprint density at radius 3 is 2.90 bits per heavy atom. The van der Waals surface area contributed by atoms with Crippen molar-refractivity contribution in [1.82, 2.24) is 29.1 Å². The molecule has 0 saturated carbocycles. The number of hydrogen-bond acceptors (Lipinski definition) is 5. The molecule has 0 spiro atoms. The number of fused-ring (bicyclic) bond motifs is 1. The van der Waals surface area contributed by atoms with E-state index in [1.54, 1.807) is 10.8 Å². The monoisotopic (exact) mass is 444 g/mol. The van der Waals surface area contributed by atoms with Crippen LogP contribution in [0.2, 0.25) is 0 Å². The molecule has 1 fully saturated rings. The quantitative estimate of drug-likeness (QED) is 0.606. The summed E-state index contributed by atoms with van der Waals surface area (Å²) in [6, 6.07) is 6.07. The first-order chi connectivity index (χ1) is 14.7. The van der Waals surface area contributed by atoms with Crippen LogP contribution in [0.5, 0.6) is 0 Å². The summed E-state index contributed by atoms with van der Waals surface area (Å²) < 4.78 is 29.1. The highest BCUT2D eigenvalue weighted by atomic mass is 32.2. The van der Waals surface area contributed by atoms with Gasteiger partial charge in [0.2, 0.25) is 5.91 Å². The molecule has 4 rings (SSSR count). The van der Waals surface area contributed by atoms with Crippen molar-refractivity contribution in [3.05, 3.63) is 42.1 Å². The van der Waals surface area contributed by atoms with Crippen LogP contribution in [0.25, 0.3) is 11.0 Å². The zero-order valence-corrected chi connectivity index (χ0v) is 18.8. The molecule has 2 N–H and O–H groups in total. The average molecular weight is 445 g/mol. The van der Waals surface area contributed by atoms with Crippen LogP contribution in [0, 0.1) is 12.8 Å². The molecule has 1 unspecified atom stereocenters. The van der Waals surface area contributed by atoms with Crippen molar-refractivity contribution in [3.63, 3.8) is 0 Å². The van der Waals surface area contributed by atoms with Crippen molar-refractivity contribution >= 4 is 27.0 Å². The van der Waals surface area contributed by atoms with E-state index < -0.39 is 15.9 Å². The van der Waals surface area contributed by atoms with E-state index in [4.69, 9.17) is 0 Å². The van der Waals surface area contributed by atoms with E-state index in [1.165, 1.54) is 10.6 Å². The van der Waals surface area contributed by atoms with Crippen molar-refractivity contribution in [2.75, 3.05) is 13.1 Å². The Labute approximate surface area is 181 Å². The molecule has 1 aliphatic rings. The molecule has 31 heavy (non-hydrogen) atoms. The summed E-state index contributed by atoms with van der Waals surface area (Å²) >= 11 is 0. The van der Waals surface area contributed by atoms with E-state index in [9.17, 15) is 13.2 Å². The first-order valence-corrected chi connectivity index (χ1v) is 11.9. The molecule has 166 valence electrons. The summed E-state index contributed by atoms with van der Waals surface area (Å²) in [4.78, 5) is 24.5. The summed E-state index contributed by atoms with van der Waals surface area (Å²) in [6.45, 7) is 6.75. The van der Waals surface area contributed by atoms with Crippen LogP contribution in [0.15, 0.2) is 35.7 Å². The van der Waals surface area contributed by atoms with Crippen molar-refractivity contribution in [3.8, 4) is 0 Å². The second-order valence-corrected chi connectivity index (χ2v) is 10.3. The van der Waals surface area contributed by atoms with Gasteiger partial charge in [0.15, 0.2) is 5.03 Å². The fourth-order valence-corrected chi connectivity index (χ4v) is 5.26. The van der Waals surface area contributed by atoms with Crippen LogP contribution in [0.4, 0.5) is 0 Å². The van der Waals surface area contributed by atoms with Gasteiger partial charge in [0.05, 0.1) is 29.8 Å². The van der Waals surface area contributed by atoms with E-state index in [2.05, 4.69) is 20.3 Å². The maximum atomic E-state index is 13.0. The third-order valence-electron chi connectivity index (χ3n) is 5.65. The number of hydrogen-bond donors (Lipinski definition) is 2. The van der Waals surface area contributed by atoms with E-state index >= 15 is 0 Å². The maximum Gasteiger partial charge on any atom is 0.262 e. The van der Waals surface area contributed by atoms with Gasteiger partial charge in [0, 0.05) is 25.3 Å². The highest BCUT2D eigenvalue weighted by Crippen LogP contribution is 2.24. The molecule has 3 heterocycles. The Balaban J connectivity index is 1.40. The Kier molecular flexibility index (Phi) is 5.85. The second kappa shape index (κ2) is 8.43. The molecular formula is C21H28N6O3S. The summed E-state index contributed by atoms with van der Waals surface area (Å²) in [5.41, 5.74) is 2.92. The lowest BCUT2D eigenvalue weighted by atomic mass is 9.99. The fourth-order valence-electron chi connectivity index (χ4n) is 3.82. The highest BCUT2D eigenvalue weighted by molar-refractivity contribution is 7.89. The van der Waals surface area contributed by atoms with Crippen LogP contribution in [0.1, 0.15) is 44.1 Å². The second-order valence-electron chi connectivity index (χ2n) is 8.38. The normalized spacial score (nSPS) is 18.0. The Morgan fingerprint density at radius 1 is 1.35 bits per heavy atom. The zero-order valence-electron chi connectivity index (χ0n) is 18.0. The van der Waals surface area contributed by atoms with Crippen LogP contribution >= 0.6 is 0 Å². The van der Waals surface area contributed by atoms with Gasteiger partial charge in [-0.05, 0) is 51.3 Å². The van der Waals surface area contributed by atoms with E-state index in [0.717, 1.165) is 16.6 Å². The number of aryl methyl sites for hydroxylation is 1. The molecule has 1 amide bonds. The van der Waals surface area contributed by atoms with Crippen LogP contribution in [-0.2, 0) is 21.4 Å². The number of piperidine rings is 1. The number of nitrogens with one attached hydrogen (secondary N) is 2. The van der Waals surface area contributed by atoms with Gasteiger partial charge in [0.25, 0.3) is 10.0 Å². The highest BCUT2D eigenvalue weighted by Gasteiger charge is 2.34. The molecule has 1 aromatic carbocycles. The van der Waals surface area contributed by atoms with Crippen LogP contribution < -0.4 is 5.32 Å². The summed E-state index contributed by atoms with van der Waals surface area (Å²) in [5, 5.41) is 2.93. The molecule has 9 nitrogen and oxygen atoms in total. The largest absolute Gasteiger partial charge is 0.349 e. The Hall–Kier alpha value is -2.72. The lowest BCUT2D eigenvalue weighted by Gasteiger charge is -2.30. The maximum absolute atomic E-state index is 13.0. The van der Waals surface area contributed by atoms with Gasteiger partial charge in [0.1, 0.15) is 5.82 Å². The number of nitrogens with zero attached hydrogens (tertiary/aromatic N) is 4. The third-order valence-corrected chi connectivity index (χ3v) is 7.40. The first kappa shape index (κ1) is 21.5. The number of amides is 1. The van der Waals surface area contributed by atoms with Gasteiger partial charge < -0.3 is 14.9 Å². The van der Waals surface area contributed by atoms with Gasteiger partial charge in [-0.25, -0.2) is 18.4 Å². The summed E-state index contributed by atoms with van der Waals surface area (Å²) in [7, 11) is -3.73. The van der Waals surface area contributed by atoms with E-state index in [0.29, 0.717) is 25.2 Å². The van der Waals surface area contributed by atoms with Gasteiger partial charge in [-0.3, -0.25) is 4.79 Å². The lowest BCUT2D eigenvalue weighted by Crippen LogP contribution is -2.45. The molecule has 0 radical (unpaired) electrons. The molecule has 0 bridgehead atoms. The van der Waals surface area contributed by atoms with E-state index in [-0.39, 0.29) is 30.1 Å². The number of carbonyl (C=O) groups is 1. The number of H-pyrrole nitrogens is 1. The van der Waals surface area contributed by atoms with Crippen molar-refractivity contribution < 1.29 is 13.2 Å². The smallest absolute Gasteiger partial charge is 0.262 e. The molecule has 1 atom stereocenters. The van der Waals surface area contributed by atoms with Crippen LogP contribution in [-0.4, -0.2) is 51.2 Å². The van der Waals surface area contributed by atoms with Crippen molar-refractivity contribution in [2.45, 2.75) is 51.2 Å². The molecule has 1 saturated heterocycles. The minimum absolute atomic E-state index is 0.0276. The molecule has 3 aromatic rings. The number of aromatic amines is 1. The molecule has 10 heteroatoms. The van der Waals surface area contributed by atoms with Gasteiger partial charge in [-0.2, -0.15) is 4.31 Å².